The van der Waals surface area contributed by atoms with Crippen LogP contribution in [0.1, 0.15) is 36.3 Å². The molecule has 0 bridgehead atoms. The van der Waals surface area contributed by atoms with E-state index >= 15 is 0 Å². The number of amides is 2. The summed E-state index contributed by atoms with van der Waals surface area (Å²) in [6, 6.07) is 5.57. The average molecular weight is 408 g/mol. The Hall–Kier alpha value is -1.93. The number of anilines is 2. The SMILES string of the molecule is O=C(CSCC(=O)Nc1nc2c(s1)CCCCCC2)Nc1ccc(F)cc1. The average Bonchev–Trinajstić information content (AvgIpc) is 2.97. The number of aromatic nitrogens is 1. The number of halogens is 1. The van der Waals surface area contributed by atoms with Crippen LogP contribution in [0.3, 0.4) is 0 Å². The summed E-state index contributed by atoms with van der Waals surface area (Å²) in [6.45, 7) is 0. The molecule has 3 rings (SSSR count). The first kappa shape index (κ1) is 19.8. The molecule has 2 amide bonds. The largest absolute Gasteiger partial charge is 0.325 e. The number of rotatable bonds is 6. The fourth-order valence-corrected chi connectivity index (χ4v) is 4.56. The Morgan fingerprint density at radius 1 is 1.00 bits per heavy atom. The number of hydrogen-bond acceptors (Lipinski definition) is 5. The van der Waals surface area contributed by atoms with Gasteiger partial charge in [0.15, 0.2) is 5.13 Å². The minimum absolute atomic E-state index is 0.152. The van der Waals surface area contributed by atoms with Crippen molar-refractivity contribution in [3.8, 4) is 0 Å². The molecule has 1 aromatic carbocycles. The molecule has 0 atom stereocenters. The molecular formula is C19H22FN3O2S2. The molecule has 144 valence electrons. The first-order valence-electron chi connectivity index (χ1n) is 9.02. The Kier molecular flexibility index (Phi) is 7.23. The molecule has 8 heteroatoms. The standard InChI is InChI=1S/C19H22FN3O2S2/c20-13-7-9-14(10-8-13)21-17(24)11-26-12-18(25)23-19-22-15-5-3-1-2-4-6-16(15)27-19/h7-10H,1-6,11-12H2,(H,21,24)(H,22,23,25). The van der Waals surface area contributed by atoms with E-state index in [0.717, 1.165) is 25.0 Å². The summed E-state index contributed by atoms with van der Waals surface area (Å²) in [5.41, 5.74) is 1.66. The molecule has 2 aromatic rings. The molecule has 0 aliphatic heterocycles. The highest BCUT2D eigenvalue weighted by atomic mass is 32.2. The molecule has 5 nitrogen and oxygen atoms in total. The summed E-state index contributed by atoms with van der Waals surface area (Å²) in [6.07, 6.45) is 6.87. The number of nitrogens with one attached hydrogen (secondary N) is 2. The van der Waals surface area contributed by atoms with E-state index in [4.69, 9.17) is 0 Å². The zero-order valence-corrected chi connectivity index (χ0v) is 16.6. The summed E-state index contributed by atoms with van der Waals surface area (Å²) in [5, 5.41) is 6.17. The third kappa shape index (κ3) is 6.32. The molecule has 1 aliphatic carbocycles. The van der Waals surface area contributed by atoms with Crippen molar-refractivity contribution < 1.29 is 14.0 Å². The van der Waals surface area contributed by atoms with Crippen LogP contribution in [0.4, 0.5) is 15.2 Å². The highest BCUT2D eigenvalue weighted by molar-refractivity contribution is 8.00. The minimum Gasteiger partial charge on any atom is -0.325 e. The van der Waals surface area contributed by atoms with Crippen molar-refractivity contribution in [1.29, 1.82) is 0 Å². The Morgan fingerprint density at radius 3 is 2.41 bits per heavy atom. The Labute approximate surface area is 166 Å². The lowest BCUT2D eigenvalue weighted by Crippen LogP contribution is -2.18. The van der Waals surface area contributed by atoms with Gasteiger partial charge in [-0.25, -0.2) is 9.37 Å². The quantitative estimate of drug-likeness (QED) is 0.751. The van der Waals surface area contributed by atoms with E-state index in [-0.39, 0.29) is 29.1 Å². The Morgan fingerprint density at radius 2 is 1.67 bits per heavy atom. The first-order chi connectivity index (χ1) is 13.1. The van der Waals surface area contributed by atoms with Gasteiger partial charge in [-0.05, 0) is 49.9 Å². The van der Waals surface area contributed by atoms with E-state index in [0.29, 0.717) is 10.8 Å². The van der Waals surface area contributed by atoms with Gasteiger partial charge in [-0.3, -0.25) is 9.59 Å². The zero-order chi connectivity index (χ0) is 19.1. The second-order valence-electron chi connectivity index (χ2n) is 6.40. The maximum atomic E-state index is 12.8. The van der Waals surface area contributed by atoms with Crippen LogP contribution < -0.4 is 10.6 Å². The van der Waals surface area contributed by atoms with Gasteiger partial charge < -0.3 is 10.6 Å². The number of hydrogen-bond donors (Lipinski definition) is 2. The van der Waals surface area contributed by atoms with Crippen molar-refractivity contribution in [1.82, 2.24) is 4.98 Å². The first-order valence-corrected chi connectivity index (χ1v) is 11.0. The van der Waals surface area contributed by atoms with Crippen molar-refractivity contribution in [3.63, 3.8) is 0 Å². The molecule has 27 heavy (non-hydrogen) atoms. The Bertz CT molecular complexity index is 767. The Balaban J connectivity index is 1.41. The topological polar surface area (TPSA) is 71.1 Å². The predicted molar refractivity (Wildman–Crippen MR) is 109 cm³/mol. The van der Waals surface area contributed by atoms with Gasteiger partial charge in [0.25, 0.3) is 0 Å². The molecule has 0 unspecified atom stereocenters. The van der Waals surface area contributed by atoms with Crippen LogP contribution in [0, 0.1) is 5.82 Å². The molecular weight excluding hydrogens is 385 g/mol. The number of aryl methyl sites for hydroxylation is 2. The lowest BCUT2D eigenvalue weighted by Gasteiger charge is -2.06. The summed E-state index contributed by atoms with van der Waals surface area (Å²) in [4.78, 5) is 29.8. The number of fused-ring (bicyclic) bond motifs is 1. The van der Waals surface area contributed by atoms with Crippen LogP contribution >= 0.6 is 23.1 Å². The van der Waals surface area contributed by atoms with E-state index in [9.17, 15) is 14.0 Å². The van der Waals surface area contributed by atoms with Crippen LogP contribution in [0.2, 0.25) is 0 Å². The fraction of sp³-hybridized carbons (Fsp3) is 0.421. The lowest BCUT2D eigenvalue weighted by atomic mass is 10.0. The van der Waals surface area contributed by atoms with Crippen LogP contribution in [0.5, 0.6) is 0 Å². The van der Waals surface area contributed by atoms with Gasteiger partial charge in [0, 0.05) is 10.6 Å². The maximum Gasteiger partial charge on any atom is 0.236 e. The molecule has 0 saturated carbocycles. The van der Waals surface area contributed by atoms with Gasteiger partial charge >= 0.3 is 0 Å². The number of thiazole rings is 1. The van der Waals surface area contributed by atoms with E-state index in [1.165, 1.54) is 60.2 Å². The predicted octanol–water partition coefficient (Wildman–Crippen LogP) is 4.25. The lowest BCUT2D eigenvalue weighted by molar-refractivity contribution is -0.114. The van der Waals surface area contributed by atoms with Gasteiger partial charge in [0.1, 0.15) is 5.82 Å². The van der Waals surface area contributed by atoms with Crippen molar-refractivity contribution in [2.24, 2.45) is 0 Å². The van der Waals surface area contributed by atoms with Crippen molar-refractivity contribution >= 4 is 45.7 Å². The van der Waals surface area contributed by atoms with Gasteiger partial charge in [-0.15, -0.1) is 23.1 Å². The number of benzene rings is 1. The summed E-state index contributed by atoms with van der Waals surface area (Å²) in [5.74, 6) is -0.401. The summed E-state index contributed by atoms with van der Waals surface area (Å²) >= 11 is 2.80. The second-order valence-corrected chi connectivity index (χ2v) is 8.47. The van der Waals surface area contributed by atoms with Crippen LogP contribution in [0.15, 0.2) is 24.3 Å². The highest BCUT2D eigenvalue weighted by Gasteiger charge is 2.15. The van der Waals surface area contributed by atoms with Crippen molar-refractivity contribution in [2.75, 3.05) is 22.1 Å². The summed E-state index contributed by atoms with van der Waals surface area (Å²) < 4.78 is 12.8. The number of thioether (sulfide) groups is 1. The monoisotopic (exact) mass is 407 g/mol. The number of carbonyl (C=O) groups excluding carboxylic acids is 2. The minimum atomic E-state index is -0.353. The van der Waals surface area contributed by atoms with Crippen molar-refractivity contribution in [3.05, 3.63) is 40.7 Å². The van der Waals surface area contributed by atoms with Gasteiger partial charge in [-0.1, -0.05) is 12.8 Å². The van der Waals surface area contributed by atoms with E-state index in [1.807, 2.05) is 0 Å². The molecule has 0 fully saturated rings. The molecule has 1 heterocycles. The molecule has 2 N–H and O–H groups in total. The molecule has 0 radical (unpaired) electrons. The van der Waals surface area contributed by atoms with Crippen LogP contribution in [-0.4, -0.2) is 28.3 Å². The molecule has 1 aromatic heterocycles. The second kappa shape index (κ2) is 9.85. The molecule has 1 aliphatic rings. The number of carbonyl (C=O) groups is 2. The van der Waals surface area contributed by atoms with Crippen LogP contribution in [0.25, 0.3) is 0 Å². The normalized spacial score (nSPS) is 14.0. The highest BCUT2D eigenvalue weighted by Crippen LogP contribution is 2.28. The van der Waals surface area contributed by atoms with Gasteiger partial charge in [0.05, 0.1) is 17.2 Å². The van der Waals surface area contributed by atoms with Gasteiger partial charge in [0.2, 0.25) is 11.8 Å². The van der Waals surface area contributed by atoms with E-state index < -0.39 is 0 Å². The smallest absolute Gasteiger partial charge is 0.236 e. The molecule has 0 spiro atoms. The summed E-state index contributed by atoms with van der Waals surface area (Å²) in [7, 11) is 0. The zero-order valence-electron chi connectivity index (χ0n) is 14.9. The van der Waals surface area contributed by atoms with Crippen LogP contribution in [-0.2, 0) is 22.4 Å². The van der Waals surface area contributed by atoms with Crippen molar-refractivity contribution in [2.45, 2.75) is 38.5 Å². The van der Waals surface area contributed by atoms with E-state index in [1.54, 1.807) is 11.3 Å². The maximum absolute atomic E-state index is 12.8. The fourth-order valence-electron chi connectivity index (χ4n) is 2.88. The van der Waals surface area contributed by atoms with Gasteiger partial charge in [-0.2, -0.15) is 0 Å². The third-order valence-corrected chi connectivity index (χ3v) is 6.19. The number of nitrogens with zero attached hydrogens (tertiary/aromatic N) is 1. The van der Waals surface area contributed by atoms with E-state index in [2.05, 4.69) is 15.6 Å². The third-order valence-electron chi connectivity index (χ3n) is 4.19. The molecule has 0 saturated heterocycles.